The Balaban J connectivity index is 1.37. The summed E-state index contributed by atoms with van der Waals surface area (Å²) in [6.45, 7) is 5.09. The molecule has 0 aliphatic carbocycles. The Kier molecular flexibility index (Phi) is 9.53. The van der Waals surface area contributed by atoms with Crippen LogP contribution in [0.2, 0.25) is 0 Å². The summed E-state index contributed by atoms with van der Waals surface area (Å²) < 4.78 is 11.8. The van der Waals surface area contributed by atoms with Crippen LogP contribution in [0.15, 0.2) is 107 Å². The zero-order chi connectivity index (χ0) is 30.2. The SMILES string of the molecule is CCOc1cc(/C=C2/SC(=Nc3ccc(C)cc3)N(CCc3ccccc3)C2=O)ccc1OCc1ccc([N+](=O)[O-])cc1. The van der Waals surface area contributed by atoms with Crippen molar-refractivity contribution in [1.29, 1.82) is 0 Å². The van der Waals surface area contributed by atoms with Gasteiger partial charge < -0.3 is 9.47 Å². The van der Waals surface area contributed by atoms with Gasteiger partial charge >= 0.3 is 0 Å². The van der Waals surface area contributed by atoms with E-state index < -0.39 is 4.92 Å². The van der Waals surface area contributed by atoms with Gasteiger partial charge in [-0.2, -0.15) is 0 Å². The molecule has 1 heterocycles. The second-order valence-corrected chi connectivity index (χ2v) is 10.9. The zero-order valence-electron chi connectivity index (χ0n) is 23.9. The van der Waals surface area contributed by atoms with Gasteiger partial charge in [0, 0.05) is 18.7 Å². The Morgan fingerprint density at radius 3 is 2.35 bits per heavy atom. The van der Waals surface area contributed by atoms with E-state index in [1.165, 1.54) is 23.9 Å². The highest BCUT2D eigenvalue weighted by Gasteiger charge is 2.33. The molecule has 1 aliphatic rings. The third kappa shape index (κ3) is 7.69. The first-order valence-corrected chi connectivity index (χ1v) is 14.7. The van der Waals surface area contributed by atoms with Crippen LogP contribution in [0.4, 0.5) is 11.4 Å². The fraction of sp³-hybridized carbons (Fsp3) is 0.176. The molecule has 0 unspecified atom stereocenters. The number of thioether (sulfide) groups is 1. The Hall–Kier alpha value is -4.89. The van der Waals surface area contributed by atoms with Crippen molar-refractivity contribution < 1.29 is 19.2 Å². The van der Waals surface area contributed by atoms with Gasteiger partial charge in [-0.1, -0.05) is 54.1 Å². The fourth-order valence-electron chi connectivity index (χ4n) is 4.43. The summed E-state index contributed by atoms with van der Waals surface area (Å²) in [5, 5.41) is 11.6. The molecule has 43 heavy (non-hydrogen) atoms. The van der Waals surface area contributed by atoms with Crippen molar-refractivity contribution in [1.82, 2.24) is 4.90 Å². The van der Waals surface area contributed by atoms with Gasteiger partial charge in [-0.15, -0.1) is 0 Å². The van der Waals surface area contributed by atoms with Gasteiger partial charge in [-0.25, -0.2) is 4.99 Å². The van der Waals surface area contributed by atoms with Gasteiger partial charge in [0.25, 0.3) is 11.6 Å². The lowest BCUT2D eigenvalue weighted by molar-refractivity contribution is -0.384. The minimum Gasteiger partial charge on any atom is -0.490 e. The topological polar surface area (TPSA) is 94.3 Å². The maximum atomic E-state index is 13.6. The highest BCUT2D eigenvalue weighted by molar-refractivity contribution is 8.18. The number of rotatable bonds is 11. The lowest BCUT2D eigenvalue weighted by Gasteiger charge is -2.15. The molecule has 0 aromatic heterocycles. The molecule has 1 saturated heterocycles. The highest BCUT2D eigenvalue weighted by Crippen LogP contribution is 2.36. The van der Waals surface area contributed by atoms with E-state index in [1.807, 2.05) is 74.5 Å². The molecule has 0 spiro atoms. The average molecular weight is 594 g/mol. The molecule has 1 amide bonds. The third-order valence-corrected chi connectivity index (χ3v) is 7.73. The Morgan fingerprint density at radius 2 is 1.65 bits per heavy atom. The molecule has 0 saturated carbocycles. The molecule has 9 heteroatoms. The van der Waals surface area contributed by atoms with Gasteiger partial charge in [0.1, 0.15) is 6.61 Å². The monoisotopic (exact) mass is 593 g/mol. The van der Waals surface area contributed by atoms with E-state index in [1.54, 1.807) is 23.1 Å². The number of carbonyl (C=O) groups excluding carboxylic acids is 1. The number of nitro benzene ring substituents is 1. The predicted octanol–water partition coefficient (Wildman–Crippen LogP) is 7.73. The molecule has 0 radical (unpaired) electrons. The summed E-state index contributed by atoms with van der Waals surface area (Å²) >= 11 is 1.36. The lowest BCUT2D eigenvalue weighted by atomic mass is 10.1. The van der Waals surface area contributed by atoms with Gasteiger partial charge in [0.15, 0.2) is 16.7 Å². The Morgan fingerprint density at radius 1 is 0.907 bits per heavy atom. The minimum atomic E-state index is -0.432. The molecule has 0 atom stereocenters. The van der Waals surface area contributed by atoms with E-state index >= 15 is 0 Å². The summed E-state index contributed by atoms with van der Waals surface area (Å²) in [6, 6.07) is 29.8. The van der Waals surface area contributed by atoms with Crippen LogP contribution in [0.25, 0.3) is 6.08 Å². The van der Waals surface area contributed by atoms with Crippen molar-refractivity contribution in [3.63, 3.8) is 0 Å². The van der Waals surface area contributed by atoms with E-state index in [-0.39, 0.29) is 18.2 Å². The maximum absolute atomic E-state index is 13.6. The number of non-ortho nitro benzene ring substituents is 1. The molecule has 5 rings (SSSR count). The Labute approximate surface area is 254 Å². The largest absolute Gasteiger partial charge is 0.490 e. The summed E-state index contributed by atoms with van der Waals surface area (Å²) in [6.07, 6.45) is 2.56. The molecule has 0 N–H and O–H groups in total. The number of amidine groups is 1. The molecular formula is C34H31N3O5S. The van der Waals surface area contributed by atoms with Crippen LogP contribution >= 0.6 is 11.8 Å². The number of carbonyl (C=O) groups is 1. The first-order valence-electron chi connectivity index (χ1n) is 13.9. The number of amides is 1. The normalized spacial score (nSPS) is 14.8. The Bertz CT molecular complexity index is 1650. The van der Waals surface area contributed by atoms with Crippen molar-refractivity contribution in [2.24, 2.45) is 4.99 Å². The number of ether oxygens (including phenoxy) is 2. The van der Waals surface area contributed by atoms with Crippen LogP contribution in [-0.4, -0.2) is 34.0 Å². The number of aryl methyl sites for hydroxylation is 1. The second kappa shape index (κ2) is 13.8. The highest BCUT2D eigenvalue weighted by atomic mass is 32.2. The molecule has 8 nitrogen and oxygen atoms in total. The van der Waals surface area contributed by atoms with Crippen molar-refractivity contribution in [3.05, 3.63) is 134 Å². The molecule has 4 aromatic rings. The molecular weight excluding hydrogens is 562 g/mol. The smallest absolute Gasteiger partial charge is 0.269 e. The summed E-state index contributed by atoms with van der Waals surface area (Å²) in [5.41, 5.74) is 4.70. The van der Waals surface area contributed by atoms with Crippen LogP contribution in [-0.2, 0) is 17.8 Å². The lowest BCUT2D eigenvalue weighted by Crippen LogP contribution is -2.31. The van der Waals surface area contributed by atoms with Crippen LogP contribution in [0.3, 0.4) is 0 Å². The number of nitro groups is 1. The van der Waals surface area contributed by atoms with Crippen molar-refractivity contribution >= 4 is 40.3 Å². The number of benzene rings is 4. The first-order chi connectivity index (χ1) is 20.9. The van der Waals surface area contributed by atoms with E-state index in [2.05, 4.69) is 12.1 Å². The van der Waals surface area contributed by atoms with E-state index in [0.29, 0.717) is 41.1 Å². The number of hydrogen-bond donors (Lipinski definition) is 0. The zero-order valence-corrected chi connectivity index (χ0v) is 24.8. The summed E-state index contributed by atoms with van der Waals surface area (Å²) in [5.74, 6) is 0.991. The van der Waals surface area contributed by atoms with Gasteiger partial charge in [-0.05, 0) is 91.2 Å². The number of nitrogens with zero attached hydrogens (tertiary/aromatic N) is 3. The van der Waals surface area contributed by atoms with Crippen LogP contribution < -0.4 is 9.47 Å². The second-order valence-electron chi connectivity index (χ2n) is 9.88. The minimum absolute atomic E-state index is 0.0289. The molecule has 1 aliphatic heterocycles. The van der Waals surface area contributed by atoms with Crippen LogP contribution in [0.1, 0.15) is 29.2 Å². The molecule has 1 fully saturated rings. The van der Waals surface area contributed by atoms with E-state index in [0.717, 1.165) is 27.9 Å². The standard InChI is InChI=1S/C34H31N3O5S/c1-3-41-31-21-27(13-18-30(31)42-23-26-11-16-29(17-12-26)37(39)40)22-32-33(38)36(20-19-25-7-5-4-6-8-25)34(43-32)35-28-14-9-24(2)10-15-28/h4-18,21-22H,3,19-20,23H2,1-2H3/b32-22+,35-34?. The van der Waals surface area contributed by atoms with Gasteiger partial charge in [-0.3, -0.25) is 19.8 Å². The predicted molar refractivity (Wildman–Crippen MR) is 171 cm³/mol. The summed E-state index contributed by atoms with van der Waals surface area (Å²) in [7, 11) is 0. The quantitative estimate of drug-likeness (QED) is 0.100. The van der Waals surface area contributed by atoms with E-state index in [4.69, 9.17) is 14.5 Å². The summed E-state index contributed by atoms with van der Waals surface area (Å²) in [4.78, 5) is 31.3. The average Bonchev–Trinajstić information content (AvgIpc) is 3.30. The van der Waals surface area contributed by atoms with Gasteiger partial charge in [0.05, 0.1) is 22.1 Å². The van der Waals surface area contributed by atoms with Crippen molar-refractivity contribution in [2.75, 3.05) is 13.2 Å². The van der Waals surface area contributed by atoms with Crippen molar-refractivity contribution in [3.8, 4) is 11.5 Å². The number of aliphatic imine (C=N–C) groups is 1. The number of hydrogen-bond acceptors (Lipinski definition) is 7. The molecule has 4 aromatic carbocycles. The van der Waals surface area contributed by atoms with Crippen LogP contribution in [0.5, 0.6) is 11.5 Å². The van der Waals surface area contributed by atoms with Crippen LogP contribution in [0, 0.1) is 17.0 Å². The third-order valence-electron chi connectivity index (χ3n) is 6.72. The fourth-order valence-corrected chi connectivity index (χ4v) is 5.46. The molecule has 0 bridgehead atoms. The van der Waals surface area contributed by atoms with E-state index in [9.17, 15) is 14.9 Å². The first kappa shape index (κ1) is 29.6. The van der Waals surface area contributed by atoms with Gasteiger partial charge in [0.2, 0.25) is 0 Å². The maximum Gasteiger partial charge on any atom is 0.269 e. The molecule has 218 valence electrons. The van der Waals surface area contributed by atoms with Crippen molar-refractivity contribution in [2.45, 2.75) is 26.9 Å².